The van der Waals surface area contributed by atoms with Crippen molar-refractivity contribution in [2.24, 2.45) is 16.7 Å². The molecule has 0 aliphatic heterocycles. The number of amides is 1. The highest BCUT2D eigenvalue weighted by Gasteiger charge is 2.68. The van der Waals surface area contributed by atoms with E-state index < -0.39 is 0 Å². The smallest absolute Gasteiger partial charge is 0.224 e. The van der Waals surface area contributed by atoms with Crippen LogP contribution in [0.5, 0.6) is 0 Å². The standard InChI is InChI=1S/C17H25NO2/c1-16(2)14(17(16,3)4)15(20)18-13(11-19)10-12-8-6-5-7-9-12/h5-9,13-14,19H,10-11H2,1-4H3,(H,18,20). The summed E-state index contributed by atoms with van der Waals surface area (Å²) in [4.78, 5) is 12.4. The molecule has 1 fully saturated rings. The monoisotopic (exact) mass is 275 g/mol. The summed E-state index contributed by atoms with van der Waals surface area (Å²) in [5, 5.41) is 12.5. The van der Waals surface area contributed by atoms with Crippen LogP contribution in [0.4, 0.5) is 0 Å². The van der Waals surface area contributed by atoms with Gasteiger partial charge in [0.1, 0.15) is 0 Å². The minimum Gasteiger partial charge on any atom is -0.394 e. The van der Waals surface area contributed by atoms with Crippen molar-refractivity contribution in [3.05, 3.63) is 35.9 Å². The molecule has 3 heteroatoms. The minimum absolute atomic E-state index is 0.0276. The molecule has 0 bridgehead atoms. The number of benzene rings is 1. The van der Waals surface area contributed by atoms with Crippen molar-refractivity contribution >= 4 is 5.91 Å². The molecule has 1 amide bonds. The van der Waals surface area contributed by atoms with E-state index in [9.17, 15) is 9.90 Å². The van der Waals surface area contributed by atoms with E-state index in [0.717, 1.165) is 5.56 Å². The lowest BCUT2D eigenvalue weighted by molar-refractivity contribution is -0.124. The molecule has 110 valence electrons. The number of hydrogen-bond acceptors (Lipinski definition) is 2. The fourth-order valence-corrected chi connectivity index (χ4v) is 3.20. The maximum absolute atomic E-state index is 12.4. The second-order valence-corrected chi connectivity index (χ2v) is 6.95. The predicted octanol–water partition coefficient (Wildman–Crippen LogP) is 2.39. The predicted molar refractivity (Wildman–Crippen MR) is 80.2 cm³/mol. The van der Waals surface area contributed by atoms with Gasteiger partial charge in [-0.3, -0.25) is 4.79 Å². The lowest BCUT2D eigenvalue weighted by Crippen LogP contribution is -2.40. The van der Waals surface area contributed by atoms with Crippen LogP contribution < -0.4 is 5.32 Å². The summed E-state index contributed by atoms with van der Waals surface area (Å²) < 4.78 is 0. The molecule has 20 heavy (non-hydrogen) atoms. The zero-order chi connectivity index (χ0) is 15.0. The first kappa shape index (κ1) is 15.0. The van der Waals surface area contributed by atoms with Crippen LogP contribution in [0, 0.1) is 16.7 Å². The maximum Gasteiger partial charge on any atom is 0.224 e. The molecule has 3 nitrogen and oxygen atoms in total. The van der Waals surface area contributed by atoms with Gasteiger partial charge in [-0.2, -0.15) is 0 Å². The third-order valence-corrected chi connectivity index (χ3v) is 5.17. The normalized spacial score (nSPS) is 21.2. The van der Waals surface area contributed by atoms with Crippen molar-refractivity contribution in [3.8, 4) is 0 Å². The third kappa shape index (κ3) is 2.59. The van der Waals surface area contributed by atoms with Crippen LogP contribution in [0.2, 0.25) is 0 Å². The van der Waals surface area contributed by atoms with Crippen molar-refractivity contribution in [3.63, 3.8) is 0 Å². The fourth-order valence-electron chi connectivity index (χ4n) is 3.20. The van der Waals surface area contributed by atoms with Gasteiger partial charge in [-0.25, -0.2) is 0 Å². The highest BCUT2D eigenvalue weighted by Crippen LogP contribution is 2.68. The maximum atomic E-state index is 12.4. The average molecular weight is 275 g/mol. The third-order valence-electron chi connectivity index (χ3n) is 5.17. The van der Waals surface area contributed by atoms with Crippen LogP contribution in [0.3, 0.4) is 0 Å². The van der Waals surface area contributed by atoms with E-state index in [-0.39, 0.29) is 35.3 Å². The average Bonchev–Trinajstić information content (AvgIpc) is 2.80. The Balaban J connectivity index is 1.96. The lowest BCUT2D eigenvalue weighted by Gasteiger charge is -2.17. The van der Waals surface area contributed by atoms with E-state index in [0.29, 0.717) is 6.42 Å². The van der Waals surface area contributed by atoms with Crippen LogP contribution in [0.1, 0.15) is 33.3 Å². The second kappa shape index (κ2) is 5.21. The summed E-state index contributed by atoms with van der Waals surface area (Å²) in [6.07, 6.45) is 0.663. The number of aliphatic hydroxyl groups excluding tert-OH is 1. The van der Waals surface area contributed by atoms with Crippen molar-refractivity contribution in [1.82, 2.24) is 5.32 Å². The summed E-state index contributed by atoms with van der Waals surface area (Å²) >= 11 is 0. The quantitative estimate of drug-likeness (QED) is 0.867. The topological polar surface area (TPSA) is 49.3 Å². The number of hydrogen-bond donors (Lipinski definition) is 2. The Hall–Kier alpha value is -1.35. The van der Waals surface area contributed by atoms with E-state index in [1.165, 1.54) is 0 Å². The number of aliphatic hydroxyl groups is 1. The molecule has 1 aromatic carbocycles. The highest BCUT2D eigenvalue weighted by atomic mass is 16.3. The Morgan fingerprint density at radius 2 is 1.75 bits per heavy atom. The number of nitrogens with one attached hydrogen (secondary N) is 1. The number of rotatable bonds is 5. The zero-order valence-electron chi connectivity index (χ0n) is 12.8. The van der Waals surface area contributed by atoms with Crippen LogP contribution >= 0.6 is 0 Å². The summed E-state index contributed by atoms with van der Waals surface area (Å²) in [6.45, 7) is 8.48. The first-order valence-corrected chi connectivity index (χ1v) is 7.26. The molecule has 0 saturated heterocycles. The Bertz CT molecular complexity index is 465. The zero-order valence-corrected chi connectivity index (χ0v) is 12.8. The summed E-state index contributed by atoms with van der Waals surface area (Å²) in [5.41, 5.74) is 1.19. The van der Waals surface area contributed by atoms with Gasteiger partial charge in [0.2, 0.25) is 5.91 Å². The molecule has 0 spiro atoms. The van der Waals surface area contributed by atoms with Crippen LogP contribution in [-0.2, 0) is 11.2 Å². The molecule has 0 radical (unpaired) electrons. The van der Waals surface area contributed by atoms with Crippen molar-refractivity contribution in [2.45, 2.75) is 40.2 Å². The Kier molecular flexibility index (Phi) is 3.92. The van der Waals surface area contributed by atoms with Gasteiger partial charge in [0.05, 0.1) is 12.6 Å². The van der Waals surface area contributed by atoms with Crippen molar-refractivity contribution in [2.75, 3.05) is 6.61 Å². The summed E-state index contributed by atoms with van der Waals surface area (Å²) in [5.74, 6) is 0.0924. The lowest BCUT2D eigenvalue weighted by atomic mass is 10.0. The largest absolute Gasteiger partial charge is 0.394 e. The molecule has 1 unspecified atom stereocenters. The Morgan fingerprint density at radius 3 is 2.20 bits per heavy atom. The Labute approximate surface area is 121 Å². The van der Waals surface area contributed by atoms with E-state index >= 15 is 0 Å². The van der Waals surface area contributed by atoms with E-state index in [1.807, 2.05) is 30.3 Å². The molecule has 2 N–H and O–H groups in total. The van der Waals surface area contributed by atoms with Crippen molar-refractivity contribution in [1.29, 1.82) is 0 Å². The molecule has 0 heterocycles. The molecule has 1 saturated carbocycles. The van der Waals surface area contributed by atoms with Gasteiger partial charge in [-0.05, 0) is 22.8 Å². The van der Waals surface area contributed by atoms with Gasteiger partial charge >= 0.3 is 0 Å². The van der Waals surface area contributed by atoms with E-state index in [1.54, 1.807) is 0 Å². The Morgan fingerprint density at radius 1 is 1.20 bits per heavy atom. The minimum atomic E-state index is -0.211. The summed E-state index contributed by atoms with van der Waals surface area (Å²) in [7, 11) is 0. The van der Waals surface area contributed by atoms with Crippen LogP contribution in [-0.4, -0.2) is 23.7 Å². The molecule has 1 aliphatic rings. The molecular weight excluding hydrogens is 250 g/mol. The van der Waals surface area contributed by atoms with Crippen LogP contribution in [0.15, 0.2) is 30.3 Å². The van der Waals surface area contributed by atoms with Crippen molar-refractivity contribution < 1.29 is 9.90 Å². The van der Waals surface area contributed by atoms with Gasteiger partial charge < -0.3 is 10.4 Å². The van der Waals surface area contributed by atoms with E-state index in [4.69, 9.17) is 0 Å². The second-order valence-electron chi connectivity index (χ2n) is 6.95. The summed E-state index contributed by atoms with van der Waals surface area (Å²) in [6, 6.07) is 9.72. The molecule has 1 aliphatic carbocycles. The number of carbonyl (C=O) groups is 1. The molecule has 0 aromatic heterocycles. The van der Waals surface area contributed by atoms with Crippen LogP contribution in [0.25, 0.3) is 0 Å². The molecule has 1 aromatic rings. The van der Waals surface area contributed by atoms with Gasteiger partial charge in [-0.1, -0.05) is 58.0 Å². The number of carbonyl (C=O) groups excluding carboxylic acids is 1. The highest BCUT2D eigenvalue weighted by molar-refractivity contribution is 5.84. The SMILES string of the molecule is CC1(C)C(C(=O)NC(CO)Cc2ccccc2)C1(C)C. The van der Waals surface area contributed by atoms with E-state index in [2.05, 4.69) is 33.0 Å². The molecular formula is C17H25NO2. The first-order chi connectivity index (χ1) is 9.30. The molecule has 1 atom stereocenters. The van der Waals surface area contributed by atoms with Gasteiger partial charge in [0, 0.05) is 5.92 Å². The van der Waals surface area contributed by atoms with Gasteiger partial charge in [-0.15, -0.1) is 0 Å². The van der Waals surface area contributed by atoms with Gasteiger partial charge in [0.25, 0.3) is 0 Å². The first-order valence-electron chi connectivity index (χ1n) is 7.26. The molecule has 2 rings (SSSR count). The fraction of sp³-hybridized carbons (Fsp3) is 0.588. The van der Waals surface area contributed by atoms with Gasteiger partial charge in [0.15, 0.2) is 0 Å².